The number of carbonyl (C=O) groups excluding carboxylic acids is 1. The maximum Gasteiger partial charge on any atom is 0.340 e. The van der Waals surface area contributed by atoms with Gasteiger partial charge in [-0.1, -0.05) is 0 Å². The summed E-state index contributed by atoms with van der Waals surface area (Å²) in [5.41, 5.74) is 1.42. The molecule has 1 atom stereocenters. The first-order chi connectivity index (χ1) is 6.22. The molecule has 1 aliphatic rings. The molecule has 1 aromatic rings. The third-order valence-electron chi connectivity index (χ3n) is 1.94. The molecule has 0 aliphatic carbocycles. The van der Waals surface area contributed by atoms with Crippen LogP contribution in [-0.2, 0) is 4.74 Å². The van der Waals surface area contributed by atoms with E-state index >= 15 is 0 Å². The summed E-state index contributed by atoms with van der Waals surface area (Å²) in [4.78, 5) is 11.2. The van der Waals surface area contributed by atoms with E-state index in [0.29, 0.717) is 11.3 Å². The lowest BCUT2D eigenvalue weighted by Crippen LogP contribution is -1.94. The van der Waals surface area contributed by atoms with Gasteiger partial charge in [0.1, 0.15) is 5.75 Å². The molecule has 0 saturated heterocycles. The van der Waals surface area contributed by atoms with Crippen LogP contribution in [0.3, 0.4) is 0 Å². The fourth-order valence-corrected chi connectivity index (χ4v) is 1.83. The summed E-state index contributed by atoms with van der Waals surface area (Å²) < 4.78 is 9.95. The van der Waals surface area contributed by atoms with E-state index in [9.17, 15) is 4.79 Å². The molecular weight excluding hydrogens is 236 g/mol. The second-order valence-electron chi connectivity index (χ2n) is 2.67. The zero-order valence-electron chi connectivity index (χ0n) is 6.91. The monoisotopic (exact) mass is 242 g/mol. The zero-order chi connectivity index (χ0) is 9.42. The van der Waals surface area contributed by atoms with E-state index in [1.807, 2.05) is 6.07 Å². The summed E-state index contributed by atoms with van der Waals surface area (Å²) in [6.45, 7) is 0. The molecule has 0 bridgehead atoms. The van der Waals surface area contributed by atoms with Crippen molar-refractivity contribution in [2.24, 2.45) is 0 Å². The van der Waals surface area contributed by atoms with Crippen LogP contribution in [0.5, 0.6) is 5.75 Å². The Bertz CT molecular complexity index is 362. The summed E-state index contributed by atoms with van der Waals surface area (Å²) in [5, 5.41) is -0.319. The van der Waals surface area contributed by atoms with Gasteiger partial charge >= 0.3 is 5.97 Å². The number of benzene rings is 1. The molecule has 0 fully saturated rings. The van der Waals surface area contributed by atoms with Gasteiger partial charge in [0, 0.05) is 5.56 Å². The molecule has 0 N–H and O–H groups in total. The third-order valence-corrected chi connectivity index (χ3v) is 2.62. The number of esters is 1. The van der Waals surface area contributed by atoms with Crippen molar-refractivity contribution in [3.8, 4) is 5.75 Å². The summed E-state index contributed by atoms with van der Waals surface area (Å²) in [5.74, 6) is 0.355. The van der Waals surface area contributed by atoms with Gasteiger partial charge in [0.05, 0.1) is 12.7 Å². The molecule has 2 rings (SSSR count). The van der Waals surface area contributed by atoms with Gasteiger partial charge in [-0.15, -0.1) is 0 Å². The summed E-state index contributed by atoms with van der Waals surface area (Å²) in [7, 11) is 1.56. The van der Waals surface area contributed by atoms with Gasteiger partial charge in [-0.25, -0.2) is 4.79 Å². The van der Waals surface area contributed by atoms with E-state index in [4.69, 9.17) is 9.47 Å². The minimum absolute atomic E-state index is 0.309. The molecule has 0 saturated carbocycles. The number of hydrogen-bond acceptors (Lipinski definition) is 3. The molecule has 0 amide bonds. The van der Waals surface area contributed by atoms with Crippen LogP contribution in [0.25, 0.3) is 0 Å². The fourth-order valence-electron chi connectivity index (χ4n) is 1.26. The average molecular weight is 243 g/mol. The quantitative estimate of drug-likeness (QED) is 0.560. The minimum Gasteiger partial charge on any atom is -0.497 e. The molecule has 3 nitrogen and oxygen atoms in total. The number of hydrogen-bond donors (Lipinski definition) is 0. The second-order valence-corrected chi connectivity index (χ2v) is 3.51. The summed E-state index contributed by atoms with van der Waals surface area (Å²) in [6.07, 6.45) is 0. The number of ether oxygens (including phenoxy) is 2. The van der Waals surface area contributed by atoms with E-state index in [-0.39, 0.29) is 11.0 Å². The molecule has 0 spiro atoms. The molecule has 1 heterocycles. The molecule has 0 aromatic heterocycles. The second kappa shape index (κ2) is 3.03. The van der Waals surface area contributed by atoms with Crippen molar-refractivity contribution in [3.63, 3.8) is 0 Å². The highest BCUT2D eigenvalue weighted by molar-refractivity contribution is 9.09. The molecule has 1 aliphatic heterocycles. The topological polar surface area (TPSA) is 35.5 Å². The molecule has 0 radical (unpaired) electrons. The Kier molecular flexibility index (Phi) is 2.00. The van der Waals surface area contributed by atoms with Crippen molar-refractivity contribution in [2.45, 2.75) is 5.01 Å². The van der Waals surface area contributed by atoms with Gasteiger partial charge in [0.25, 0.3) is 0 Å². The van der Waals surface area contributed by atoms with Crippen molar-refractivity contribution in [2.75, 3.05) is 7.11 Å². The van der Waals surface area contributed by atoms with Crippen molar-refractivity contribution in [1.29, 1.82) is 0 Å². The fraction of sp³-hybridized carbons (Fsp3) is 0.222. The standard InChI is InChI=1S/C9H7BrO3/c1-12-5-2-3-6-7(4-5)9(11)13-8(6)10/h2-4,8H,1H3. The number of fused-ring (bicyclic) bond motifs is 1. The Labute approximate surface area is 83.8 Å². The van der Waals surface area contributed by atoms with Crippen molar-refractivity contribution in [1.82, 2.24) is 0 Å². The lowest BCUT2D eigenvalue weighted by atomic mass is 10.1. The summed E-state index contributed by atoms with van der Waals surface area (Å²) >= 11 is 3.24. The normalized spacial score (nSPS) is 19.5. The van der Waals surface area contributed by atoms with Crippen molar-refractivity contribution in [3.05, 3.63) is 29.3 Å². The Balaban J connectivity index is 2.52. The smallest absolute Gasteiger partial charge is 0.340 e. The average Bonchev–Trinajstić information content (AvgIpc) is 2.42. The maximum absolute atomic E-state index is 11.2. The van der Waals surface area contributed by atoms with Gasteiger partial charge in [-0.2, -0.15) is 0 Å². The first kappa shape index (κ1) is 8.56. The SMILES string of the molecule is COc1ccc2c(c1)C(=O)OC2Br. The maximum atomic E-state index is 11.2. The van der Waals surface area contributed by atoms with Gasteiger partial charge in [-0.05, 0) is 34.1 Å². The predicted molar refractivity (Wildman–Crippen MR) is 50.1 cm³/mol. The summed E-state index contributed by atoms with van der Waals surface area (Å²) in [6, 6.07) is 5.30. The number of halogens is 1. The number of methoxy groups -OCH3 is 1. The highest BCUT2D eigenvalue weighted by Crippen LogP contribution is 2.36. The predicted octanol–water partition coefficient (Wildman–Crippen LogP) is 2.26. The van der Waals surface area contributed by atoms with Gasteiger partial charge in [-0.3, -0.25) is 0 Å². The molecule has 13 heavy (non-hydrogen) atoms. The number of carbonyl (C=O) groups is 1. The Morgan fingerprint density at radius 3 is 3.00 bits per heavy atom. The van der Waals surface area contributed by atoms with E-state index in [0.717, 1.165) is 5.56 Å². The molecule has 1 aromatic carbocycles. The first-order valence-corrected chi connectivity index (χ1v) is 4.67. The van der Waals surface area contributed by atoms with Crippen LogP contribution in [0.2, 0.25) is 0 Å². The molecule has 1 unspecified atom stereocenters. The lowest BCUT2D eigenvalue weighted by Gasteiger charge is -2.01. The lowest BCUT2D eigenvalue weighted by molar-refractivity contribution is 0.0530. The first-order valence-electron chi connectivity index (χ1n) is 3.75. The van der Waals surface area contributed by atoms with E-state index in [2.05, 4.69) is 15.9 Å². The Morgan fingerprint density at radius 2 is 2.31 bits per heavy atom. The number of alkyl halides is 1. The molecule has 4 heteroatoms. The van der Waals surface area contributed by atoms with E-state index < -0.39 is 0 Å². The Hall–Kier alpha value is -1.03. The minimum atomic E-state index is -0.319. The zero-order valence-corrected chi connectivity index (χ0v) is 8.50. The van der Waals surface area contributed by atoms with Crippen molar-refractivity contribution >= 4 is 21.9 Å². The van der Waals surface area contributed by atoms with E-state index in [1.54, 1.807) is 19.2 Å². The highest BCUT2D eigenvalue weighted by Gasteiger charge is 2.29. The van der Waals surface area contributed by atoms with Crippen LogP contribution < -0.4 is 4.74 Å². The Morgan fingerprint density at radius 1 is 1.54 bits per heavy atom. The largest absolute Gasteiger partial charge is 0.497 e. The molecule has 68 valence electrons. The van der Waals surface area contributed by atoms with Crippen LogP contribution in [0.1, 0.15) is 20.9 Å². The van der Waals surface area contributed by atoms with Crippen LogP contribution in [0.4, 0.5) is 0 Å². The third kappa shape index (κ3) is 1.31. The van der Waals surface area contributed by atoms with Crippen LogP contribution >= 0.6 is 15.9 Å². The molecular formula is C9H7BrO3. The van der Waals surface area contributed by atoms with Crippen molar-refractivity contribution < 1.29 is 14.3 Å². The number of rotatable bonds is 1. The van der Waals surface area contributed by atoms with Gasteiger partial charge in [0.15, 0.2) is 5.01 Å². The van der Waals surface area contributed by atoms with Gasteiger partial charge < -0.3 is 9.47 Å². The van der Waals surface area contributed by atoms with Crippen LogP contribution in [0.15, 0.2) is 18.2 Å². The highest BCUT2D eigenvalue weighted by atomic mass is 79.9. The number of cyclic esters (lactones) is 1. The van der Waals surface area contributed by atoms with Crippen LogP contribution in [0, 0.1) is 0 Å². The van der Waals surface area contributed by atoms with E-state index in [1.165, 1.54) is 0 Å². The van der Waals surface area contributed by atoms with Crippen LogP contribution in [-0.4, -0.2) is 13.1 Å². The van der Waals surface area contributed by atoms with Gasteiger partial charge in [0.2, 0.25) is 0 Å².